The number of nitrogens with one attached hydrogen (secondary N) is 6. The number of aliphatic imine (C=N–C) groups is 9. The van der Waals surface area contributed by atoms with E-state index in [1.807, 2.05) is 6.26 Å². The van der Waals surface area contributed by atoms with Gasteiger partial charge >= 0.3 is 0 Å². The van der Waals surface area contributed by atoms with Crippen LogP contribution in [0.2, 0.25) is 0 Å². The molecule has 0 rings (SSSR count). The number of primary amides is 1. The molecule has 122 heavy (non-hydrogen) atoms. The molecule has 0 aliphatic heterocycles. The van der Waals surface area contributed by atoms with Crippen molar-refractivity contribution in [2.24, 2.45) is 195 Å². The second-order valence-corrected chi connectivity index (χ2v) is 30.8. The Labute approximate surface area is 721 Å². The zero-order valence-corrected chi connectivity index (χ0v) is 72.3. The highest BCUT2D eigenvalue weighted by Crippen LogP contribution is 2.25. The number of hydrogen-bond acceptors (Lipinski definition) is 24. The van der Waals surface area contributed by atoms with E-state index in [0.29, 0.717) is 5.75 Å². The van der Waals surface area contributed by atoms with Crippen molar-refractivity contribution < 1.29 is 62.3 Å². The largest absolute Gasteiger partial charge is 0.370 e. The van der Waals surface area contributed by atoms with Gasteiger partial charge in [-0.15, -0.1) is 0 Å². The third-order valence-electron chi connectivity index (χ3n) is 19.0. The highest BCUT2D eigenvalue weighted by molar-refractivity contribution is 7.98. The molecule has 0 aliphatic rings. The SMILES string of the molecule is CSC[C@H](C)C(=O)C[C@@H](C)C(=O)NCC(=O)C[C@H](CCCN=C(N)N)C(=O)N[C@H](CCCN=C(N)N)C(=O)C[C@H](CCCN=C(N)N)C(=O)N[C@H](CCCN=C(N)N)C(=O)C[C@H](CCCN=C(N)N)C(=O)N[C@H](CCCN=C(N)N)C(=O)C[C@H](CCCN=C(N)N)C(=O)N[C@H](CCCN=C(N)N)C(=O)C[C@H](CCCN=C(N)N)C(=O)N[C@H](CS)C(N)=O. The average Bonchev–Trinajstić information content (AvgIpc) is 0.848. The molecule has 690 valence electrons. The molecule has 0 aromatic heterocycles. The Hall–Kier alpha value is -11.6. The number of hydrogen-bond donors (Lipinski definition) is 26. The van der Waals surface area contributed by atoms with Gasteiger partial charge in [0.2, 0.25) is 41.4 Å². The molecule has 0 heterocycles. The number of thioether (sulfide) groups is 1. The maximum atomic E-state index is 15.2. The first-order valence-corrected chi connectivity index (χ1v) is 42.4. The van der Waals surface area contributed by atoms with Crippen LogP contribution in [-0.4, -0.2) is 243 Å². The quantitative estimate of drug-likeness (QED) is 0.0116. The smallest absolute Gasteiger partial charge is 0.240 e. The molecule has 0 aromatic carbocycles. The number of thiol groups is 1. The molecule has 0 aromatic rings. The number of amides is 7. The summed E-state index contributed by atoms with van der Waals surface area (Å²) in [6.45, 7) is 2.64. The molecular formula is C73H138N34O13S2. The zero-order valence-electron chi connectivity index (χ0n) is 70.5. The van der Waals surface area contributed by atoms with Crippen LogP contribution in [0.25, 0.3) is 0 Å². The van der Waals surface area contributed by atoms with Crippen molar-refractivity contribution in [3.8, 4) is 0 Å². The highest BCUT2D eigenvalue weighted by Gasteiger charge is 2.37. The first-order valence-electron chi connectivity index (χ1n) is 40.3. The average molecular weight is 1760 g/mol. The molecule has 0 bridgehead atoms. The van der Waals surface area contributed by atoms with Crippen molar-refractivity contribution in [1.29, 1.82) is 0 Å². The van der Waals surface area contributed by atoms with E-state index >= 15 is 19.2 Å². The number of guanidine groups is 9. The molecule has 0 spiro atoms. The predicted octanol–water partition coefficient (Wildman–Crippen LogP) is -8.10. The Morgan fingerprint density at radius 2 is 0.492 bits per heavy atom. The van der Waals surface area contributed by atoms with Gasteiger partial charge < -0.3 is 141 Å². The molecular weight excluding hydrogens is 1630 g/mol. The molecule has 7 amide bonds. The van der Waals surface area contributed by atoms with Gasteiger partial charge in [-0.1, -0.05) is 13.8 Å². The maximum Gasteiger partial charge on any atom is 0.240 e. The lowest BCUT2D eigenvalue weighted by atomic mass is 9.88. The van der Waals surface area contributed by atoms with E-state index in [9.17, 15) is 43.2 Å². The van der Waals surface area contributed by atoms with E-state index in [4.69, 9.17) is 109 Å². The van der Waals surface area contributed by atoms with Gasteiger partial charge in [-0.25, -0.2) is 0 Å². The van der Waals surface area contributed by atoms with Crippen molar-refractivity contribution in [2.45, 2.75) is 198 Å². The van der Waals surface area contributed by atoms with Crippen molar-refractivity contribution in [3.05, 3.63) is 0 Å². The normalized spacial score (nSPS) is 13.8. The lowest BCUT2D eigenvalue weighted by Gasteiger charge is -2.27. The number of carbonyl (C=O) groups is 13. The number of rotatable bonds is 70. The molecule has 44 N–H and O–H groups in total. The van der Waals surface area contributed by atoms with E-state index < -0.39 is 175 Å². The lowest BCUT2D eigenvalue weighted by molar-refractivity contribution is -0.136. The van der Waals surface area contributed by atoms with Gasteiger partial charge in [-0.2, -0.15) is 24.4 Å². The number of nitrogens with two attached hydrogens (primary N) is 19. The van der Waals surface area contributed by atoms with Gasteiger partial charge in [-0.05, 0) is 122 Å². The summed E-state index contributed by atoms with van der Waals surface area (Å²) in [5.41, 5.74) is 107. The van der Waals surface area contributed by atoms with Crippen LogP contribution in [0.4, 0.5) is 0 Å². The molecule has 0 saturated heterocycles. The number of ketones is 6. The van der Waals surface area contributed by atoms with Gasteiger partial charge in [0.1, 0.15) is 11.8 Å². The van der Waals surface area contributed by atoms with Crippen LogP contribution < -0.4 is 141 Å². The van der Waals surface area contributed by atoms with Gasteiger partial charge in [0.05, 0.1) is 30.7 Å². The van der Waals surface area contributed by atoms with Gasteiger partial charge in [0.15, 0.2) is 82.6 Å². The van der Waals surface area contributed by atoms with Gasteiger partial charge in [0, 0.05) is 150 Å². The second kappa shape index (κ2) is 63.4. The first-order chi connectivity index (χ1) is 57.5. The topological polar surface area (TPSA) is 900 Å². The van der Waals surface area contributed by atoms with E-state index in [1.54, 1.807) is 13.8 Å². The summed E-state index contributed by atoms with van der Waals surface area (Å²) in [6, 6.07) is -6.87. The minimum absolute atomic E-state index is 0.00574. The summed E-state index contributed by atoms with van der Waals surface area (Å²) >= 11 is 5.61. The fraction of sp³-hybridized carbons (Fsp3) is 0.699. The summed E-state index contributed by atoms with van der Waals surface area (Å²) in [4.78, 5) is 222. The molecule has 47 nitrogen and oxygen atoms in total. The summed E-state index contributed by atoms with van der Waals surface area (Å²) in [7, 11) is 0. The van der Waals surface area contributed by atoms with E-state index in [1.165, 1.54) is 11.8 Å². The molecule has 0 saturated carbocycles. The van der Waals surface area contributed by atoms with Crippen LogP contribution >= 0.6 is 24.4 Å². The van der Waals surface area contributed by atoms with E-state index in [2.05, 4.69) is 89.5 Å². The van der Waals surface area contributed by atoms with Crippen molar-refractivity contribution in [1.82, 2.24) is 31.9 Å². The third-order valence-corrected chi connectivity index (χ3v) is 20.2. The third kappa shape index (κ3) is 53.2. The van der Waals surface area contributed by atoms with E-state index in [-0.39, 0.29) is 252 Å². The number of carbonyl (C=O) groups excluding carboxylic acids is 13. The Balaban J connectivity index is 8.14. The number of nitrogens with zero attached hydrogens (tertiary/aromatic N) is 9. The van der Waals surface area contributed by atoms with Crippen LogP contribution in [0.5, 0.6) is 0 Å². The molecule has 0 fully saturated rings. The van der Waals surface area contributed by atoms with Crippen LogP contribution in [0.1, 0.15) is 168 Å². The Kier molecular flexibility index (Phi) is 57.4. The standard InChI is InChI=1S/C73H138N34O13S2/c1-40(31-53(109)41(2)39-122-3)59(115)102-37-47(108)32-42(13-4-22-93-65(75)76)60(116)103-48(18-9-27-98-70(85)86)54(110)33-43(14-5-23-94-66(77)78)61(117)104-49(19-10-28-99-71(87)88)55(111)34-44(15-6-24-95-67(79)80)62(118)105-50(20-11-29-100-72(89)90)56(112)35-45(16-7-25-96-68(81)82)63(119)106-51(21-12-30-101-73(91)92)57(113)36-46(17-8-26-97-69(83)84)64(120)107-52(38-121)58(74)114/h40-46,48-52,121H,4-39H2,1-3H3,(H2,74,114)(H,102,115)(H,103,116)(H,104,117)(H,105,118)(H,106,119)(H,107,120)(H4,75,76,93)(H4,77,78,94)(H4,79,80,95)(H4,81,82,96)(H4,83,84,97)(H4,85,86,98)(H4,87,88,99)(H4,89,90,100)(H4,91,92,101)/t40-,41+,42+,43+,44+,45+,46+,48-,49-,50-,51-,52-/m1/s1. The molecule has 0 unspecified atom stereocenters. The first kappa shape index (κ1) is 110. The highest BCUT2D eigenvalue weighted by atomic mass is 32.2. The maximum absolute atomic E-state index is 15.2. The molecule has 12 atom stereocenters. The zero-order chi connectivity index (χ0) is 92.4. The molecule has 0 radical (unpaired) electrons. The summed E-state index contributed by atoms with van der Waals surface area (Å²) in [5.74, 6) is -18.4. The second-order valence-electron chi connectivity index (χ2n) is 29.5. The Morgan fingerprint density at radius 3 is 0.697 bits per heavy atom. The van der Waals surface area contributed by atoms with Crippen LogP contribution in [0.3, 0.4) is 0 Å². The fourth-order valence-corrected chi connectivity index (χ4v) is 13.4. The number of Topliss-reactive ketones (excluding diaryl/α,β-unsaturated/α-hetero) is 6. The van der Waals surface area contributed by atoms with Crippen LogP contribution in [-0.2, 0) is 62.3 Å². The lowest BCUT2D eigenvalue weighted by Crippen LogP contribution is -2.50. The molecule has 0 aliphatic carbocycles. The van der Waals surface area contributed by atoms with Crippen LogP contribution in [0.15, 0.2) is 44.9 Å². The summed E-state index contributed by atoms with van der Waals surface area (Å²) in [5, 5.41) is 16.2. The van der Waals surface area contributed by atoms with Crippen molar-refractivity contribution in [3.63, 3.8) is 0 Å². The monoisotopic (exact) mass is 1760 g/mol. The Morgan fingerprint density at radius 1 is 0.279 bits per heavy atom. The minimum Gasteiger partial charge on any atom is -0.370 e. The fourth-order valence-electron chi connectivity index (χ4n) is 12.5. The Bertz CT molecular complexity index is 3620. The summed E-state index contributed by atoms with van der Waals surface area (Å²) < 4.78 is 0. The predicted molar refractivity (Wildman–Crippen MR) is 477 cm³/mol. The van der Waals surface area contributed by atoms with Gasteiger partial charge in [0.25, 0.3) is 0 Å². The van der Waals surface area contributed by atoms with Gasteiger partial charge in [-0.3, -0.25) is 107 Å². The van der Waals surface area contributed by atoms with Crippen LogP contribution in [0, 0.1) is 41.4 Å². The summed E-state index contributed by atoms with van der Waals surface area (Å²) in [6.07, 6.45) is -0.992. The molecule has 49 heteroatoms. The van der Waals surface area contributed by atoms with Crippen molar-refractivity contribution in [2.75, 3.05) is 83.2 Å². The minimum atomic E-state index is -1.46. The van der Waals surface area contributed by atoms with Crippen molar-refractivity contribution >= 4 is 154 Å². The van der Waals surface area contributed by atoms with E-state index in [0.717, 1.165) is 0 Å².